The second kappa shape index (κ2) is 8.64. The number of nitrogens with two attached hydrogens (primary N) is 1. The third-order valence-electron chi connectivity index (χ3n) is 4.93. The lowest BCUT2D eigenvalue weighted by molar-refractivity contribution is 0.242. The van der Waals surface area contributed by atoms with Crippen molar-refractivity contribution in [2.45, 2.75) is 45.3 Å². The largest absolute Gasteiger partial charge is 0.490 e. The zero-order chi connectivity index (χ0) is 19.7. The molecule has 1 heterocycles. The number of benzene rings is 2. The fourth-order valence-corrected chi connectivity index (χ4v) is 3.65. The number of fused-ring (bicyclic) bond motifs is 1. The van der Waals surface area contributed by atoms with E-state index in [1.807, 2.05) is 32.0 Å². The van der Waals surface area contributed by atoms with Crippen LogP contribution in [0, 0.1) is 11.3 Å². The summed E-state index contributed by atoms with van der Waals surface area (Å²) in [7, 11) is 0. The molecule has 1 aliphatic carbocycles. The lowest BCUT2D eigenvalue weighted by atomic mass is 9.85. The van der Waals surface area contributed by atoms with Crippen molar-refractivity contribution in [3.05, 3.63) is 53.1 Å². The van der Waals surface area contributed by atoms with Crippen LogP contribution in [0.4, 0.5) is 0 Å². The third kappa shape index (κ3) is 4.12. The van der Waals surface area contributed by atoms with Gasteiger partial charge in [0.25, 0.3) is 5.89 Å². The van der Waals surface area contributed by atoms with E-state index >= 15 is 0 Å². The summed E-state index contributed by atoms with van der Waals surface area (Å²) in [6.07, 6.45) is 3.00. The molecule has 0 aliphatic heterocycles. The van der Waals surface area contributed by atoms with E-state index in [9.17, 15) is 5.26 Å². The molecule has 0 unspecified atom stereocenters. The average molecular weight is 411 g/mol. The number of hydrogen-bond donors (Lipinski definition) is 1. The summed E-state index contributed by atoms with van der Waals surface area (Å²) in [5.41, 5.74) is 10.7. The van der Waals surface area contributed by atoms with Gasteiger partial charge in [0.05, 0.1) is 11.7 Å². The van der Waals surface area contributed by atoms with Gasteiger partial charge >= 0.3 is 0 Å². The first-order valence-corrected chi connectivity index (χ1v) is 9.49. The zero-order valence-electron chi connectivity index (χ0n) is 16.4. The van der Waals surface area contributed by atoms with Gasteiger partial charge in [0.15, 0.2) is 0 Å². The third-order valence-corrected chi connectivity index (χ3v) is 4.93. The van der Waals surface area contributed by atoms with Gasteiger partial charge in [0.1, 0.15) is 11.8 Å². The molecule has 0 amide bonds. The fraction of sp³-hybridized carbons (Fsp3) is 0.318. The second-order valence-electron chi connectivity index (χ2n) is 7.28. The monoisotopic (exact) mass is 410 g/mol. The first-order chi connectivity index (χ1) is 13.6. The molecule has 0 fully saturated rings. The second-order valence-corrected chi connectivity index (χ2v) is 7.28. The molecule has 1 atom stereocenters. The zero-order valence-corrected chi connectivity index (χ0v) is 17.2. The van der Waals surface area contributed by atoms with Crippen molar-refractivity contribution in [2.75, 3.05) is 0 Å². The standard InChI is InChI=1S/C22H22N4O2.ClH/c1-13(2)27-20-10-9-14(11-15(20)12-23)22-25-21(26-28-22)18-7-3-6-17-16(18)5-4-8-19(17)24;/h3,6-7,9-11,13,19H,4-5,8,24H2,1-2H3;1H/t19-;/m1./s1. The van der Waals surface area contributed by atoms with Crippen molar-refractivity contribution in [1.29, 1.82) is 5.26 Å². The van der Waals surface area contributed by atoms with Gasteiger partial charge in [-0.1, -0.05) is 23.4 Å². The topological polar surface area (TPSA) is 98.0 Å². The summed E-state index contributed by atoms with van der Waals surface area (Å²) in [6.45, 7) is 3.84. The highest BCUT2D eigenvalue weighted by atomic mass is 35.5. The summed E-state index contributed by atoms with van der Waals surface area (Å²) in [4.78, 5) is 4.58. The smallest absolute Gasteiger partial charge is 0.258 e. The van der Waals surface area contributed by atoms with Gasteiger partial charge in [0, 0.05) is 17.2 Å². The Balaban J connectivity index is 0.00000240. The number of halogens is 1. The first kappa shape index (κ1) is 20.8. The van der Waals surface area contributed by atoms with Gasteiger partial charge < -0.3 is 15.0 Å². The molecule has 0 spiro atoms. The van der Waals surface area contributed by atoms with Crippen molar-refractivity contribution in [1.82, 2.24) is 10.1 Å². The van der Waals surface area contributed by atoms with Crippen LogP contribution in [0.5, 0.6) is 5.75 Å². The molecule has 0 bridgehead atoms. The minimum atomic E-state index is -0.0106. The Morgan fingerprint density at radius 3 is 2.86 bits per heavy atom. The van der Waals surface area contributed by atoms with E-state index in [1.54, 1.807) is 12.1 Å². The van der Waals surface area contributed by atoms with Gasteiger partial charge in [-0.2, -0.15) is 10.2 Å². The predicted octanol–water partition coefficient (Wildman–Crippen LogP) is 4.82. The number of ether oxygens (including phenoxy) is 1. The Morgan fingerprint density at radius 2 is 2.10 bits per heavy atom. The van der Waals surface area contributed by atoms with Crippen molar-refractivity contribution in [3.63, 3.8) is 0 Å². The highest BCUT2D eigenvalue weighted by molar-refractivity contribution is 5.85. The molecule has 4 rings (SSSR count). The Kier molecular flexibility index (Phi) is 6.21. The molecule has 0 saturated heterocycles. The molecule has 29 heavy (non-hydrogen) atoms. The lowest BCUT2D eigenvalue weighted by Gasteiger charge is -2.23. The summed E-state index contributed by atoms with van der Waals surface area (Å²) < 4.78 is 11.2. The predicted molar refractivity (Wildman–Crippen MR) is 113 cm³/mol. The van der Waals surface area contributed by atoms with E-state index in [2.05, 4.69) is 22.3 Å². The van der Waals surface area contributed by atoms with Crippen molar-refractivity contribution >= 4 is 12.4 Å². The van der Waals surface area contributed by atoms with Crippen molar-refractivity contribution < 1.29 is 9.26 Å². The molecular weight excluding hydrogens is 388 g/mol. The summed E-state index contributed by atoms with van der Waals surface area (Å²) >= 11 is 0. The Labute approximate surface area is 176 Å². The maximum Gasteiger partial charge on any atom is 0.258 e. The molecule has 2 N–H and O–H groups in total. The molecule has 6 nitrogen and oxygen atoms in total. The molecule has 2 aromatic carbocycles. The van der Waals surface area contributed by atoms with Crippen LogP contribution in [-0.2, 0) is 6.42 Å². The Hall–Kier alpha value is -2.88. The quantitative estimate of drug-likeness (QED) is 0.662. The highest BCUT2D eigenvalue weighted by Crippen LogP contribution is 2.35. The first-order valence-electron chi connectivity index (χ1n) is 9.49. The number of nitrogens with zero attached hydrogens (tertiary/aromatic N) is 3. The van der Waals surface area contributed by atoms with Crippen molar-refractivity contribution in [2.24, 2.45) is 5.73 Å². The van der Waals surface area contributed by atoms with Crippen LogP contribution in [0.25, 0.3) is 22.8 Å². The van der Waals surface area contributed by atoms with Gasteiger partial charge in [-0.05, 0) is 62.4 Å². The van der Waals surface area contributed by atoms with Gasteiger partial charge in [-0.3, -0.25) is 0 Å². The number of rotatable bonds is 4. The van der Waals surface area contributed by atoms with Crippen molar-refractivity contribution in [3.8, 4) is 34.7 Å². The fourth-order valence-electron chi connectivity index (χ4n) is 3.65. The van der Waals surface area contributed by atoms with Gasteiger partial charge in [0.2, 0.25) is 5.82 Å². The van der Waals surface area contributed by atoms with E-state index in [-0.39, 0.29) is 24.6 Å². The summed E-state index contributed by atoms with van der Waals surface area (Å²) in [5, 5.41) is 13.6. The Bertz CT molecular complexity index is 1060. The maximum atomic E-state index is 9.43. The van der Waals surface area contributed by atoms with E-state index in [0.29, 0.717) is 28.6 Å². The van der Waals surface area contributed by atoms with Crippen LogP contribution in [0.2, 0.25) is 0 Å². The highest BCUT2D eigenvalue weighted by Gasteiger charge is 2.22. The molecular formula is C22H23ClN4O2. The average Bonchev–Trinajstić information content (AvgIpc) is 3.18. The maximum absolute atomic E-state index is 9.43. The Morgan fingerprint density at radius 1 is 1.28 bits per heavy atom. The molecule has 1 aromatic heterocycles. The van der Waals surface area contributed by atoms with Crippen LogP contribution in [-0.4, -0.2) is 16.2 Å². The van der Waals surface area contributed by atoms with E-state index < -0.39 is 0 Å². The minimum absolute atomic E-state index is 0. The van der Waals surface area contributed by atoms with Crippen LogP contribution in [0.3, 0.4) is 0 Å². The number of aromatic nitrogens is 2. The molecule has 3 aromatic rings. The van der Waals surface area contributed by atoms with E-state index in [4.69, 9.17) is 15.0 Å². The van der Waals surface area contributed by atoms with E-state index in [1.165, 1.54) is 5.56 Å². The molecule has 0 saturated carbocycles. The number of nitriles is 1. The van der Waals surface area contributed by atoms with Crippen LogP contribution < -0.4 is 10.5 Å². The molecule has 1 aliphatic rings. The normalized spacial score (nSPS) is 15.3. The van der Waals surface area contributed by atoms with Gasteiger partial charge in [-0.15, -0.1) is 12.4 Å². The van der Waals surface area contributed by atoms with E-state index in [0.717, 1.165) is 30.4 Å². The SMILES string of the molecule is CC(C)Oc1ccc(-c2nc(-c3cccc4c3CCC[C@H]4N)no2)cc1C#N.Cl. The summed E-state index contributed by atoms with van der Waals surface area (Å²) in [5.74, 6) is 1.47. The van der Waals surface area contributed by atoms with Gasteiger partial charge in [-0.25, -0.2) is 0 Å². The minimum Gasteiger partial charge on any atom is -0.490 e. The van der Waals surface area contributed by atoms with Crippen LogP contribution in [0.1, 0.15) is 49.4 Å². The lowest BCUT2D eigenvalue weighted by Crippen LogP contribution is -2.18. The molecule has 150 valence electrons. The van der Waals surface area contributed by atoms with Crippen LogP contribution in [0.15, 0.2) is 40.9 Å². The van der Waals surface area contributed by atoms with Crippen LogP contribution >= 0.6 is 12.4 Å². The molecule has 0 radical (unpaired) electrons. The summed E-state index contributed by atoms with van der Waals surface area (Å²) in [6, 6.07) is 13.6. The number of hydrogen-bond acceptors (Lipinski definition) is 6. The molecule has 7 heteroatoms.